The van der Waals surface area contributed by atoms with Crippen molar-refractivity contribution >= 4 is 27.6 Å². The molecule has 0 aromatic heterocycles. The Balaban J connectivity index is 2.10. The van der Waals surface area contributed by atoms with E-state index in [1.807, 2.05) is 6.07 Å². The van der Waals surface area contributed by atoms with Crippen LogP contribution in [0.1, 0.15) is 30.1 Å². The lowest BCUT2D eigenvalue weighted by atomic mass is 9.94. The van der Waals surface area contributed by atoms with Crippen molar-refractivity contribution in [3.05, 3.63) is 28.2 Å². The first kappa shape index (κ1) is 12.4. The number of rotatable bonds is 4. The minimum atomic E-state index is -0.877. The molecule has 1 aromatic rings. The molecular weight excluding hydrogens is 282 g/mol. The number of nitrogens with zero attached hydrogens (tertiary/aromatic N) is 1. The second-order valence-corrected chi connectivity index (χ2v) is 5.48. The Bertz CT molecular complexity index is 427. The molecule has 1 N–H and O–H groups in total. The predicted octanol–water partition coefficient (Wildman–Crippen LogP) is 3.38. The summed E-state index contributed by atoms with van der Waals surface area (Å²) in [7, 11) is 0. The third-order valence-corrected chi connectivity index (χ3v) is 3.61. The lowest BCUT2D eigenvalue weighted by molar-refractivity contribution is 0.0697. The maximum atomic E-state index is 11.0. The maximum absolute atomic E-state index is 11.0. The van der Waals surface area contributed by atoms with E-state index in [1.54, 1.807) is 12.1 Å². The zero-order chi connectivity index (χ0) is 12.4. The lowest BCUT2D eigenvalue weighted by Crippen LogP contribution is -2.46. The van der Waals surface area contributed by atoms with Gasteiger partial charge in [-0.1, -0.05) is 29.3 Å². The van der Waals surface area contributed by atoms with Gasteiger partial charge in [-0.3, -0.25) is 0 Å². The molecule has 1 fully saturated rings. The molecule has 0 bridgehead atoms. The van der Waals surface area contributed by atoms with Gasteiger partial charge in [0.1, 0.15) is 0 Å². The summed E-state index contributed by atoms with van der Waals surface area (Å²) in [6, 6.07) is 5.36. The fourth-order valence-corrected chi connectivity index (χ4v) is 2.73. The molecule has 3 nitrogen and oxygen atoms in total. The summed E-state index contributed by atoms with van der Waals surface area (Å²) in [6.45, 7) is 4.29. The molecule has 0 amide bonds. The van der Waals surface area contributed by atoms with Crippen LogP contribution in [0.2, 0.25) is 0 Å². The van der Waals surface area contributed by atoms with Crippen molar-refractivity contribution in [2.45, 2.75) is 19.8 Å². The molecule has 0 spiro atoms. The van der Waals surface area contributed by atoms with E-state index in [9.17, 15) is 4.79 Å². The molecule has 4 heteroatoms. The Morgan fingerprint density at radius 2 is 2.18 bits per heavy atom. The van der Waals surface area contributed by atoms with Crippen LogP contribution in [0.25, 0.3) is 0 Å². The van der Waals surface area contributed by atoms with Crippen molar-refractivity contribution < 1.29 is 9.90 Å². The molecular formula is C13H16BrNO2. The van der Waals surface area contributed by atoms with Gasteiger partial charge in [0.05, 0.1) is 5.56 Å². The minimum Gasteiger partial charge on any atom is -0.478 e. The van der Waals surface area contributed by atoms with E-state index in [4.69, 9.17) is 5.11 Å². The second kappa shape index (κ2) is 5.08. The number of anilines is 1. The highest BCUT2D eigenvalue weighted by Crippen LogP contribution is 2.30. The number of halogens is 1. The second-order valence-electron chi connectivity index (χ2n) is 4.56. The summed E-state index contributed by atoms with van der Waals surface area (Å²) in [5, 5.41) is 9.00. The average molecular weight is 298 g/mol. The number of benzene rings is 1. The van der Waals surface area contributed by atoms with E-state index in [1.165, 1.54) is 12.8 Å². The van der Waals surface area contributed by atoms with Crippen molar-refractivity contribution in [3.8, 4) is 0 Å². The van der Waals surface area contributed by atoms with Crippen LogP contribution in [0.5, 0.6) is 0 Å². The molecule has 0 radical (unpaired) electrons. The Labute approximate surface area is 110 Å². The molecule has 92 valence electrons. The molecule has 2 rings (SSSR count). The van der Waals surface area contributed by atoms with Gasteiger partial charge in [0, 0.05) is 23.2 Å². The summed E-state index contributed by atoms with van der Waals surface area (Å²) < 4.78 is 0.825. The number of aromatic carboxylic acids is 1. The van der Waals surface area contributed by atoms with Crippen molar-refractivity contribution in [2.24, 2.45) is 5.92 Å². The van der Waals surface area contributed by atoms with Crippen molar-refractivity contribution in [1.82, 2.24) is 0 Å². The summed E-state index contributed by atoms with van der Waals surface area (Å²) in [6.07, 6.45) is 2.48. The largest absolute Gasteiger partial charge is 0.478 e. The fraction of sp³-hybridized carbons (Fsp3) is 0.462. The highest BCUT2D eigenvalue weighted by molar-refractivity contribution is 9.10. The Hall–Kier alpha value is -1.03. The standard InChI is InChI=1S/C13H16BrNO2/c1-2-3-9-7-15(8-9)12-5-10(13(16)17)4-11(14)6-12/h4-6,9H,2-3,7-8H2,1H3,(H,16,17). The summed E-state index contributed by atoms with van der Waals surface area (Å²) in [4.78, 5) is 13.2. The van der Waals surface area contributed by atoms with Crippen LogP contribution in [-0.2, 0) is 0 Å². The molecule has 1 heterocycles. The normalized spacial score (nSPS) is 15.8. The van der Waals surface area contributed by atoms with Gasteiger partial charge in [0.2, 0.25) is 0 Å². The van der Waals surface area contributed by atoms with E-state index < -0.39 is 5.97 Å². The average Bonchev–Trinajstić information content (AvgIpc) is 2.21. The van der Waals surface area contributed by atoms with Crippen LogP contribution in [0.4, 0.5) is 5.69 Å². The van der Waals surface area contributed by atoms with Crippen LogP contribution in [-0.4, -0.2) is 24.2 Å². The monoisotopic (exact) mass is 297 g/mol. The van der Waals surface area contributed by atoms with Gasteiger partial charge in [-0.05, 0) is 30.5 Å². The smallest absolute Gasteiger partial charge is 0.335 e. The number of hydrogen-bond acceptors (Lipinski definition) is 2. The van der Waals surface area contributed by atoms with Crippen molar-refractivity contribution in [3.63, 3.8) is 0 Å². The van der Waals surface area contributed by atoms with E-state index in [-0.39, 0.29) is 0 Å². The number of hydrogen-bond donors (Lipinski definition) is 1. The number of carbonyl (C=O) groups is 1. The Morgan fingerprint density at radius 3 is 2.76 bits per heavy atom. The highest BCUT2D eigenvalue weighted by atomic mass is 79.9. The molecule has 1 aromatic carbocycles. The zero-order valence-electron chi connectivity index (χ0n) is 9.82. The highest BCUT2D eigenvalue weighted by Gasteiger charge is 2.26. The Morgan fingerprint density at radius 1 is 1.47 bits per heavy atom. The van der Waals surface area contributed by atoms with Gasteiger partial charge >= 0.3 is 5.97 Å². The van der Waals surface area contributed by atoms with Crippen molar-refractivity contribution in [2.75, 3.05) is 18.0 Å². The molecule has 1 aliphatic heterocycles. The van der Waals surface area contributed by atoms with Gasteiger partial charge in [0.15, 0.2) is 0 Å². The van der Waals surface area contributed by atoms with Gasteiger partial charge in [-0.2, -0.15) is 0 Å². The summed E-state index contributed by atoms with van der Waals surface area (Å²) in [5.74, 6) is -0.106. The first-order valence-corrected chi connectivity index (χ1v) is 6.68. The zero-order valence-corrected chi connectivity index (χ0v) is 11.4. The van der Waals surface area contributed by atoms with Crippen LogP contribution >= 0.6 is 15.9 Å². The first-order valence-electron chi connectivity index (χ1n) is 5.89. The van der Waals surface area contributed by atoms with E-state index in [0.29, 0.717) is 5.56 Å². The molecule has 0 aliphatic carbocycles. The minimum absolute atomic E-state index is 0.341. The Kier molecular flexibility index (Phi) is 3.72. The molecule has 1 saturated heterocycles. The van der Waals surface area contributed by atoms with Gasteiger partial charge in [-0.25, -0.2) is 4.79 Å². The maximum Gasteiger partial charge on any atom is 0.335 e. The SMILES string of the molecule is CCCC1CN(c2cc(Br)cc(C(=O)O)c2)C1. The van der Waals surface area contributed by atoms with E-state index in [2.05, 4.69) is 27.8 Å². The van der Waals surface area contributed by atoms with E-state index >= 15 is 0 Å². The van der Waals surface area contributed by atoms with Crippen LogP contribution in [0.3, 0.4) is 0 Å². The van der Waals surface area contributed by atoms with Crippen molar-refractivity contribution in [1.29, 1.82) is 0 Å². The predicted molar refractivity (Wildman–Crippen MR) is 71.7 cm³/mol. The van der Waals surface area contributed by atoms with Crippen LogP contribution < -0.4 is 4.90 Å². The van der Waals surface area contributed by atoms with E-state index in [0.717, 1.165) is 29.2 Å². The van der Waals surface area contributed by atoms with Crippen LogP contribution in [0, 0.1) is 5.92 Å². The van der Waals surface area contributed by atoms with Crippen LogP contribution in [0.15, 0.2) is 22.7 Å². The van der Waals surface area contributed by atoms with Gasteiger partial charge in [-0.15, -0.1) is 0 Å². The topological polar surface area (TPSA) is 40.5 Å². The molecule has 0 atom stereocenters. The van der Waals surface area contributed by atoms with Gasteiger partial charge in [0.25, 0.3) is 0 Å². The molecule has 0 saturated carbocycles. The third-order valence-electron chi connectivity index (χ3n) is 3.15. The number of carboxylic acid groups (broad SMARTS) is 1. The summed E-state index contributed by atoms with van der Waals surface area (Å²) >= 11 is 3.36. The summed E-state index contributed by atoms with van der Waals surface area (Å²) in [5.41, 5.74) is 1.34. The van der Waals surface area contributed by atoms with Gasteiger partial charge < -0.3 is 10.0 Å². The molecule has 17 heavy (non-hydrogen) atoms. The third kappa shape index (κ3) is 2.80. The quantitative estimate of drug-likeness (QED) is 0.926. The molecule has 1 aliphatic rings. The molecule has 0 unspecified atom stereocenters. The first-order chi connectivity index (χ1) is 8.10. The number of carboxylic acids is 1. The fourth-order valence-electron chi connectivity index (χ4n) is 2.25. The lowest BCUT2D eigenvalue weighted by Gasteiger charge is -2.41.